The fourth-order valence-electron chi connectivity index (χ4n) is 2.27. The van der Waals surface area contributed by atoms with Crippen LogP contribution in [0.2, 0.25) is 0 Å². The molecule has 7 nitrogen and oxygen atoms in total. The van der Waals surface area contributed by atoms with E-state index in [1.807, 2.05) is 0 Å². The van der Waals surface area contributed by atoms with Gasteiger partial charge in [0.15, 0.2) is 5.65 Å². The van der Waals surface area contributed by atoms with Gasteiger partial charge in [0.1, 0.15) is 11.8 Å². The second-order valence-electron chi connectivity index (χ2n) is 4.46. The number of piperidine rings is 1. The lowest BCUT2D eigenvalue weighted by molar-refractivity contribution is -0.147. The molecule has 7 heteroatoms. The zero-order valence-electron chi connectivity index (χ0n) is 10.3. The molecular formula is C12H13N5O2. The van der Waals surface area contributed by atoms with Crippen LogP contribution in [0.5, 0.6) is 0 Å². The molecule has 2 aromatic rings. The molecule has 0 unspecified atom stereocenters. The first kappa shape index (κ1) is 11.8. The summed E-state index contributed by atoms with van der Waals surface area (Å²) in [6.07, 6.45) is 5.08. The molecule has 0 radical (unpaired) electrons. The quantitative estimate of drug-likeness (QED) is 0.807. The Bertz CT molecular complexity index is 620. The van der Waals surface area contributed by atoms with E-state index in [0.717, 1.165) is 11.2 Å². The third-order valence-electron chi connectivity index (χ3n) is 3.26. The second-order valence-corrected chi connectivity index (χ2v) is 4.46. The van der Waals surface area contributed by atoms with Gasteiger partial charge in [-0.2, -0.15) is 0 Å². The molecule has 98 valence electrons. The zero-order valence-corrected chi connectivity index (χ0v) is 10.3. The smallest absolute Gasteiger partial charge is 0.229 e. The highest BCUT2D eigenvalue weighted by atomic mass is 16.2. The molecule has 0 atom stereocenters. The number of imide groups is 1. The van der Waals surface area contributed by atoms with Crippen molar-refractivity contribution in [1.82, 2.24) is 24.8 Å². The summed E-state index contributed by atoms with van der Waals surface area (Å²) in [6, 6.07) is 0. The molecule has 0 bridgehead atoms. The molecular weight excluding hydrogens is 246 g/mol. The Balaban J connectivity index is 1.77. The Kier molecular flexibility index (Phi) is 2.94. The third-order valence-corrected chi connectivity index (χ3v) is 3.26. The summed E-state index contributed by atoms with van der Waals surface area (Å²) in [7, 11) is 0. The first-order chi connectivity index (χ1) is 9.25. The molecule has 1 aliphatic rings. The van der Waals surface area contributed by atoms with Gasteiger partial charge in [0.05, 0.1) is 12.0 Å². The monoisotopic (exact) mass is 259 g/mol. The van der Waals surface area contributed by atoms with Crippen LogP contribution in [-0.2, 0) is 16.0 Å². The number of rotatable bonds is 3. The number of nitrogens with one attached hydrogen (secondary N) is 1. The molecule has 0 spiro atoms. The van der Waals surface area contributed by atoms with Crippen molar-refractivity contribution in [2.24, 2.45) is 0 Å². The molecule has 0 aromatic carbocycles. The molecule has 1 saturated heterocycles. The molecule has 1 fully saturated rings. The fourth-order valence-corrected chi connectivity index (χ4v) is 2.27. The second kappa shape index (κ2) is 4.75. The van der Waals surface area contributed by atoms with Gasteiger partial charge in [-0.15, -0.1) is 0 Å². The topological polar surface area (TPSA) is 91.8 Å². The SMILES string of the molecule is O=C1CCCC(=O)N1CCc1ncnc2nc[nH]c12. The lowest BCUT2D eigenvalue weighted by Gasteiger charge is -2.24. The average Bonchev–Trinajstić information content (AvgIpc) is 2.87. The van der Waals surface area contributed by atoms with E-state index in [9.17, 15) is 9.59 Å². The summed E-state index contributed by atoms with van der Waals surface area (Å²) >= 11 is 0. The van der Waals surface area contributed by atoms with E-state index in [2.05, 4.69) is 19.9 Å². The van der Waals surface area contributed by atoms with Gasteiger partial charge in [-0.1, -0.05) is 0 Å². The van der Waals surface area contributed by atoms with Gasteiger partial charge in [-0.05, 0) is 6.42 Å². The van der Waals surface area contributed by atoms with Crippen LogP contribution in [0.4, 0.5) is 0 Å². The summed E-state index contributed by atoms with van der Waals surface area (Å²) in [5.74, 6) is -0.183. The number of imidazole rings is 1. The van der Waals surface area contributed by atoms with Gasteiger partial charge in [-0.25, -0.2) is 15.0 Å². The number of aromatic nitrogens is 4. The van der Waals surface area contributed by atoms with E-state index >= 15 is 0 Å². The van der Waals surface area contributed by atoms with Crippen LogP contribution < -0.4 is 0 Å². The van der Waals surface area contributed by atoms with E-state index in [1.54, 1.807) is 6.33 Å². The van der Waals surface area contributed by atoms with Crippen LogP contribution in [0.15, 0.2) is 12.7 Å². The Labute approximate surface area is 109 Å². The van der Waals surface area contributed by atoms with E-state index in [0.29, 0.717) is 37.9 Å². The highest BCUT2D eigenvalue weighted by Gasteiger charge is 2.25. The lowest BCUT2D eigenvalue weighted by atomic mass is 10.1. The minimum Gasteiger partial charge on any atom is -0.342 e. The number of likely N-dealkylation sites (tertiary alicyclic amines) is 1. The van der Waals surface area contributed by atoms with Crippen molar-refractivity contribution in [3.63, 3.8) is 0 Å². The van der Waals surface area contributed by atoms with Gasteiger partial charge < -0.3 is 4.98 Å². The van der Waals surface area contributed by atoms with Crippen LogP contribution in [0, 0.1) is 0 Å². The van der Waals surface area contributed by atoms with Crippen LogP contribution in [0.1, 0.15) is 25.0 Å². The standard InChI is InChI=1S/C12H13N5O2/c18-9-2-1-3-10(19)17(9)5-4-8-11-12(15-6-13-8)16-7-14-11/h6-7H,1-5H2,(H,13,14,15,16). The largest absolute Gasteiger partial charge is 0.342 e. The van der Waals surface area contributed by atoms with Gasteiger partial charge in [0.2, 0.25) is 11.8 Å². The number of carbonyl (C=O) groups excluding carboxylic acids is 2. The number of carbonyl (C=O) groups is 2. The van der Waals surface area contributed by atoms with Crippen LogP contribution in [-0.4, -0.2) is 43.2 Å². The van der Waals surface area contributed by atoms with Crippen molar-refractivity contribution in [3.8, 4) is 0 Å². The number of hydrogen-bond donors (Lipinski definition) is 1. The molecule has 1 N–H and O–H groups in total. The minimum atomic E-state index is -0.0915. The molecule has 3 heterocycles. The summed E-state index contributed by atoms with van der Waals surface area (Å²) < 4.78 is 0. The number of hydrogen-bond acceptors (Lipinski definition) is 5. The maximum atomic E-state index is 11.7. The molecule has 2 amide bonds. The average molecular weight is 259 g/mol. The van der Waals surface area contributed by atoms with Crippen molar-refractivity contribution in [1.29, 1.82) is 0 Å². The fraction of sp³-hybridized carbons (Fsp3) is 0.417. The maximum absolute atomic E-state index is 11.7. The lowest BCUT2D eigenvalue weighted by Crippen LogP contribution is -2.41. The summed E-state index contributed by atoms with van der Waals surface area (Å²) in [6.45, 7) is 0.364. The molecule has 3 rings (SSSR count). The van der Waals surface area contributed by atoms with E-state index in [1.165, 1.54) is 11.2 Å². The molecule has 19 heavy (non-hydrogen) atoms. The number of fused-ring (bicyclic) bond motifs is 1. The summed E-state index contributed by atoms with van der Waals surface area (Å²) in [5.41, 5.74) is 2.13. The van der Waals surface area contributed by atoms with Crippen molar-refractivity contribution in [2.45, 2.75) is 25.7 Å². The van der Waals surface area contributed by atoms with Crippen molar-refractivity contribution in [2.75, 3.05) is 6.54 Å². The Morgan fingerprint density at radius 2 is 1.95 bits per heavy atom. The third kappa shape index (κ3) is 2.18. The van der Waals surface area contributed by atoms with Crippen molar-refractivity contribution in [3.05, 3.63) is 18.3 Å². The summed E-state index contributed by atoms with van der Waals surface area (Å²) in [5, 5.41) is 0. The Hall–Kier alpha value is -2.31. The van der Waals surface area contributed by atoms with Gasteiger partial charge in [0.25, 0.3) is 0 Å². The van der Waals surface area contributed by atoms with Crippen LogP contribution in [0.3, 0.4) is 0 Å². The predicted octanol–water partition coefficient (Wildman–Crippen LogP) is 0.434. The number of nitrogens with zero attached hydrogens (tertiary/aromatic N) is 4. The predicted molar refractivity (Wildman–Crippen MR) is 66.0 cm³/mol. The first-order valence-corrected chi connectivity index (χ1v) is 6.22. The number of amides is 2. The Morgan fingerprint density at radius 1 is 1.16 bits per heavy atom. The normalized spacial score (nSPS) is 16.3. The Morgan fingerprint density at radius 3 is 2.74 bits per heavy atom. The molecule has 2 aromatic heterocycles. The van der Waals surface area contributed by atoms with Crippen molar-refractivity contribution < 1.29 is 9.59 Å². The number of aromatic amines is 1. The van der Waals surface area contributed by atoms with Crippen LogP contribution in [0.25, 0.3) is 11.2 Å². The van der Waals surface area contributed by atoms with Crippen molar-refractivity contribution >= 4 is 23.0 Å². The van der Waals surface area contributed by atoms with Gasteiger partial charge in [-0.3, -0.25) is 14.5 Å². The molecule has 0 aliphatic carbocycles. The molecule has 0 saturated carbocycles. The molecule has 1 aliphatic heterocycles. The maximum Gasteiger partial charge on any atom is 0.229 e. The summed E-state index contributed by atoms with van der Waals surface area (Å²) in [4.78, 5) is 39.9. The number of H-pyrrole nitrogens is 1. The highest BCUT2D eigenvalue weighted by molar-refractivity contribution is 5.97. The highest BCUT2D eigenvalue weighted by Crippen LogP contribution is 2.15. The van der Waals surface area contributed by atoms with Gasteiger partial charge >= 0.3 is 0 Å². The van der Waals surface area contributed by atoms with Crippen LogP contribution >= 0.6 is 0 Å². The van der Waals surface area contributed by atoms with E-state index in [4.69, 9.17) is 0 Å². The zero-order chi connectivity index (χ0) is 13.2. The van der Waals surface area contributed by atoms with E-state index in [-0.39, 0.29) is 11.8 Å². The van der Waals surface area contributed by atoms with E-state index < -0.39 is 0 Å². The van der Waals surface area contributed by atoms with Gasteiger partial charge in [0, 0.05) is 25.8 Å². The first-order valence-electron chi connectivity index (χ1n) is 6.22. The minimum absolute atomic E-state index is 0.0915.